The van der Waals surface area contributed by atoms with Gasteiger partial charge in [-0.1, -0.05) is 30.4 Å². The number of carboxylic acids is 1. The molecule has 2 rings (SSSR count). The van der Waals surface area contributed by atoms with Crippen LogP contribution in [0.3, 0.4) is 0 Å². The average Bonchev–Trinajstić information content (AvgIpc) is 2.51. The molecule has 1 aliphatic heterocycles. The maximum absolute atomic E-state index is 10.5. The minimum atomic E-state index is -0.782. The lowest BCUT2D eigenvalue weighted by molar-refractivity contribution is -0.296. The van der Waals surface area contributed by atoms with Crippen LogP contribution in [0.15, 0.2) is 36.4 Å². The molecule has 2 atom stereocenters. The van der Waals surface area contributed by atoms with E-state index in [1.54, 1.807) is 12.1 Å². The highest BCUT2D eigenvalue weighted by Gasteiger charge is 2.37. The summed E-state index contributed by atoms with van der Waals surface area (Å²) >= 11 is 0. The van der Waals surface area contributed by atoms with Gasteiger partial charge in [-0.15, -0.1) is 0 Å². The standard InChI is InChI=1S/C19H26O5/c1-19(2)23-13-14(9-5-3-4-6-12-17(21)22)18(24-19)15-10-7-8-11-16(15)20/h3-4,7-8,10-11,14,18,20H,5-6,9,12-13H2,1-2H3,(H,21,22)/t14-,18+/m1/s1. The van der Waals surface area contributed by atoms with Crippen LogP contribution in [-0.2, 0) is 14.3 Å². The zero-order chi connectivity index (χ0) is 17.6. The van der Waals surface area contributed by atoms with Gasteiger partial charge in [0.05, 0.1) is 12.7 Å². The van der Waals surface area contributed by atoms with Crippen molar-refractivity contribution < 1.29 is 24.5 Å². The smallest absolute Gasteiger partial charge is 0.303 e. The summed E-state index contributed by atoms with van der Waals surface area (Å²) in [5.41, 5.74) is 0.786. The summed E-state index contributed by atoms with van der Waals surface area (Å²) in [7, 11) is 0. The molecule has 1 aromatic rings. The highest BCUT2D eigenvalue weighted by molar-refractivity contribution is 5.66. The first-order chi connectivity index (χ1) is 11.4. The molecular weight excluding hydrogens is 308 g/mol. The Bertz CT molecular complexity index is 579. The third kappa shape index (κ3) is 5.35. The number of phenols is 1. The average molecular weight is 334 g/mol. The Kier molecular flexibility index (Phi) is 6.40. The second-order valence-electron chi connectivity index (χ2n) is 6.55. The number of phenolic OH excluding ortho intramolecular Hbond substituents is 1. The van der Waals surface area contributed by atoms with Crippen molar-refractivity contribution in [3.63, 3.8) is 0 Å². The number of ether oxygens (including phenoxy) is 2. The van der Waals surface area contributed by atoms with Gasteiger partial charge in [0.25, 0.3) is 0 Å². The molecule has 1 aromatic carbocycles. The van der Waals surface area contributed by atoms with Crippen molar-refractivity contribution in [2.45, 2.75) is 51.4 Å². The summed E-state index contributed by atoms with van der Waals surface area (Å²) in [6.07, 6.45) is 6.05. The summed E-state index contributed by atoms with van der Waals surface area (Å²) in [4.78, 5) is 10.5. The topological polar surface area (TPSA) is 76.0 Å². The molecule has 0 spiro atoms. The molecule has 0 saturated carbocycles. The quantitative estimate of drug-likeness (QED) is 0.736. The van der Waals surface area contributed by atoms with Gasteiger partial charge < -0.3 is 19.7 Å². The van der Waals surface area contributed by atoms with Crippen molar-refractivity contribution in [3.8, 4) is 5.75 Å². The lowest BCUT2D eigenvalue weighted by Gasteiger charge is -2.41. The van der Waals surface area contributed by atoms with E-state index in [0.717, 1.165) is 18.4 Å². The van der Waals surface area contributed by atoms with Gasteiger partial charge in [-0.25, -0.2) is 0 Å². The normalized spacial score (nSPS) is 23.4. The predicted octanol–water partition coefficient (Wildman–Crippen LogP) is 4.03. The van der Waals surface area contributed by atoms with Gasteiger partial charge in [0.15, 0.2) is 5.79 Å². The maximum atomic E-state index is 10.5. The lowest BCUT2D eigenvalue weighted by Crippen LogP contribution is -2.41. The summed E-state index contributed by atoms with van der Waals surface area (Å²) in [5, 5.41) is 18.8. The van der Waals surface area contributed by atoms with Gasteiger partial charge in [0.2, 0.25) is 0 Å². The number of hydrogen-bond donors (Lipinski definition) is 2. The lowest BCUT2D eigenvalue weighted by atomic mass is 9.90. The number of carbonyl (C=O) groups is 1. The zero-order valence-electron chi connectivity index (χ0n) is 14.3. The van der Waals surface area contributed by atoms with E-state index in [1.165, 1.54) is 0 Å². The largest absolute Gasteiger partial charge is 0.508 e. The van der Waals surface area contributed by atoms with Crippen molar-refractivity contribution in [3.05, 3.63) is 42.0 Å². The van der Waals surface area contributed by atoms with Crippen LogP contribution >= 0.6 is 0 Å². The third-order valence-electron chi connectivity index (χ3n) is 4.12. The van der Waals surface area contributed by atoms with E-state index < -0.39 is 11.8 Å². The van der Waals surface area contributed by atoms with E-state index in [1.807, 2.05) is 38.1 Å². The number of aromatic hydroxyl groups is 1. The second-order valence-corrected chi connectivity index (χ2v) is 6.55. The molecule has 2 N–H and O–H groups in total. The number of hydrogen-bond acceptors (Lipinski definition) is 4. The maximum Gasteiger partial charge on any atom is 0.303 e. The van der Waals surface area contributed by atoms with Crippen LogP contribution < -0.4 is 0 Å². The Labute approximate surface area is 142 Å². The van der Waals surface area contributed by atoms with E-state index in [4.69, 9.17) is 14.6 Å². The van der Waals surface area contributed by atoms with Crippen LogP contribution in [0.4, 0.5) is 0 Å². The molecule has 1 saturated heterocycles. The first-order valence-corrected chi connectivity index (χ1v) is 8.35. The number of aliphatic carboxylic acids is 1. The van der Waals surface area contributed by atoms with Gasteiger partial charge in [-0.3, -0.25) is 4.79 Å². The van der Waals surface area contributed by atoms with Gasteiger partial charge >= 0.3 is 5.97 Å². The van der Waals surface area contributed by atoms with Crippen LogP contribution in [0.2, 0.25) is 0 Å². The molecule has 24 heavy (non-hydrogen) atoms. The third-order valence-corrected chi connectivity index (χ3v) is 4.12. The van der Waals surface area contributed by atoms with Crippen molar-refractivity contribution in [1.29, 1.82) is 0 Å². The van der Waals surface area contributed by atoms with Crippen molar-refractivity contribution in [2.75, 3.05) is 6.61 Å². The molecule has 132 valence electrons. The van der Waals surface area contributed by atoms with E-state index >= 15 is 0 Å². The Hall–Kier alpha value is -1.85. The second kappa shape index (κ2) is 8.31. The van der Waals surface area contributed by atoms with Crippen molar-refractivity contribution in [2.24, 2.45) is 5.92 Å². The van der Waals surface area contributed by atoms with E-state index in [2.05, 4.69) is 0 Å². The Morgan fingerprint density at radius 3 is 2.71 bits per heavy atom. The molecule has 1 aliphatic rings. The Morgan fingerprint density at radius 2 is 2.00 bits per heavy atom. The number of para-hydroxylation sites is 1. The number of benzene rings is 1. The van der Waals surface area contributed by atoms with Gasteiger partial charge in [0, 0.05) is 17.9 Å². The molecule has 0 aliphatic carbocycles. The molecule has 0 aromatic heterocycles. The molecular formula is C19H26O5. The molecule has 0 unspecified atom stereocenters. The highest BCUT2D eigenvalue weighted by Crippen LogP contribution is 2.41. The van der Waals surface area contributed by atoms with Crippen LogP contribution in [0.5, 0.6) is 5.75 Å². The molecule has 0 radical (unpaired) electrons. The van der Waals surface area contributed by atoms with Crippen molar-refractivity contribution in [1.82, 2.24) is 0 Å². The fourth-order valence-electron chi connectivity index (χ4n) is 2.86. The predicted molar refractivity (Wildman–Crippen MR) is 90.7 cm³/mol. The molecule has 1 heterocycles. The summed E-state index contributed by atoms with van der Waals surface area (Å²) in [5.74, 6) is -1.09. The Morgan fingerprint density at radius 1 is 1.29 bits per heavy atom. The van der Waals surface area contributed by atoms with E-state index in [0.29, 0.717) is 13.0 Å². The fourth-order valence-corrected chi connectivity index (χ4v) is 2.86. The molecule has 1 fully saturated rings. The van der Waals surface area contributed by atoms with Crippen molar-refractivity contribution >= 4 is 5.97 Å². The minimum absolute atomic E-state index is 0.135. The van der Waals surface area contributed by atoms with E-state index in [9.17, 15) is 9.90 Å². The van der Waals surface area contributed by atoms with E-state index in [-0.39, 0.29) is 24.2 Å². The first-order valence-electron chi connectivity index (χ1n) is 8.35. The van der Waals surface area contributed by atoms with Gasteiger partial charge in [-0.2, -0.15) is 0 Å². The Balaban J connectivity index is 1.99. The zero-order valence-corrected chi connectivity index (χ0v) is 14.3. The number of allylic oxidation sites excluding steroid dienone is 2. The van der Waals surface area contributed by atoms with Crippen LogP contribution in [0, 0.1) is 5.92 Å². The van der Waals surface area contributed by atoms with Gasteiger partial charge in [-0.05, 0) is 39.2 Å². The number of carboxylic acid groups (broad SMARTS) is 1. The van der Waals surface area contributed by atoms with Crippen LogP contribution in [0.1, 0.15) is 51.2 Å². The summed E-state index contributed by atoms with van der Waals surface area (Å²) in [6.45, 7) is 4.32. The molecule has 0 bridgehead atoms. The minimum Gasteiger partial charge on any atom is -0.508 e. The highest BCUT2D eigenvalue weighted by atomic mass is 16.7. The summed E-state index contributed by atoms with van der Waals surface area (Å²) < 4.78 is 11.9. The fraction of sp³-hybridized carbons (Fsp3) is 0.526. The summed E-state index contributed by atoms with van der Waals surface area (Å²) in [6, 6.07) is 7.24. The number of rotatable bonds is 7. The SMILES string of the molecule is CC1(C)OC[C@@H](CCC=CCCC(=O)O)[C@@H](c2ccccc2O)O1. The monoisotopic (exact) mass is 334 g/mol. The molecule has 5 nitrogen and oxygen atoms in total. The van der Waals surface area contributed by atoms with Gasteiger partial charge in [0.1, 0.15) is 5.75 Å². The molecule has 5 heteroatoms. The van der Waals surface area contributed by atoms with Crippen LogP contribution in [-0.4, -0.2) is 28.6 Å². The molecule has 0 amide bonds. The van der Waals surface area contributed by atoms with Crippen LogP contribution in [0.25, 0.3) is 0 Å². The first kappa shape index (κ1) is 18.5.